The highest BCUT2D eigenvalue weighted by molar-refractivity contribution is 6.31. The molecule has 0 aliphatic carbocycles. The summed E-state index contributed by atoms with van der Waals surface area (Å²) in [5.74, 6) is -0.152. The number of carbonyl (C=O) groups is 1. The molecule has 0 heterocycles. The van der Waals surface area contributed by atoms with Crippen LogP contribution in [0.5, 0.6) is 5.75 Å². The highest BCUT2D eigenvalue weighted by atomic mass is 35.5. The van der Waals surface area contributed by atoms with Crippen LogP contribution in [0.2, 0.25) is 5.02 Å². The number of phenolic OH excluding ortho intramolecular Hbond substituents is 1. The molecule has 164 valence electrons. The third kappa shape index (κ3) is 6.62. The molecule has 6 nitrogen and oxygen atoms in total. The normalized spacial score (nSPS) is 13.5. The number of benzene rings is 2. The first-order valence-corrected chi connectivity index (χ1v) is 10.5. The summed E-state index contributed by atoms with van der Waals surface area (Å²) >= 11 is 6.43. The molecule has 0 saturated carbocycles. The predicted molar refractivity (Wildman–Crippen MR) is 120 cm³/mol. The minimum Gasteiger partial charge on any atom is -0.508 e. The molecule has 4 N–H and O–H groups in total. The summed E-state index contributed by atoms with van der Waals surface area (Å²) in [5, 5.41) is 26.9. The van der Waals surface area contributed by atoms with Crippen molar-refractivity contribution in [3.8, 4) is 5.75 Å². The Labute approximate surface area is 183 Å². The molecule has 0 unspecified atom stereocenters. The Morgan fingerprint density at radius 1 is 1.20 bits per heavy atom. The Morgan fingerprint density at radius 3 is 2.47 bits per heavy atom. The van der Waals surface area contributed by atoms with Crippen LogP contribution < -0.4 is 10.6 Å². The van der Waals surface area contributed by atoms with Gasteiger partial charge in [-0.15, -0.1) is 0 Å². The van der Waals surface area contributed by atoms with E-state index in [1.807, 2.05) is 19.1 Å². The SMILES string of the molecule is CCOC(=O)C(C)(C)Nc1ccc(CCN[C@@H](C)[C@H](O)c2ccc(O)cc2)c(Cl)c1. The van der Waals surface area contributed by atoms with Crippen molar-refractivity contribution >= 4 is 23.3 Å². The molecule has 30 heavy (non-hydrogen) atoms. The zero-order chi connectivity index (χ0) is 22.3. The zero-order valence-electron chi connectivity index (χ0n) is 17.9. The van der Waals surface area contributed by atoms with E-state index in [-0.39, 0.29) is 17.8 Å². The van der Waals surface area contributed by atoms with Gasteiger partial charge >= 0.3 is 5.97 Å². The van der Waals surface area contributed by atoms with Crippen LogP contribution in [0.4, 0.5) is 5.69 Å². The van der Waals surface area contributed by atoms with Gasteiger partial charge in [-0.2, -0.15) is 0 Å². The van der Waals surface area contributed by atoms with E-state index >= 15 is 0 Å². The van der Waals surface area contributed by atoms with Gasteiger partial charge in [0.2, 0.25) is 0 Å². The predicted octanol–water partition coefficient (Wildman–Crippen LogP) is 4.05. The van der Waals surface area contributed by atoms with E-state index in [4.69, 9.17) is 16.3 Å². The first-order valence-electron chi connectivity index (χ1n) is 10.1. The van der Waals surface area contributed by atoms with Crippen LogP contribution in [0.3, 0.4) is 0 Å². The summed E-state index contributed by atoms with van der Waals surface area (Å²) in [6.07, 6.45) is 0.00489. The number of esters is 1. The fourth-order valence-corrected chi connectivity index (χ4v) is 3.33. The number of halogens is 1. The van der Waals surface area contributed by atoms with Crippen LogP contribution in [0.25, 0.3) is 0 Å². The molecule has 0 saturated heterocycles. The van der Waals surface area contributed by atoms with Crippen LogP contribution in [0, 0.1) is 0 Å². The first kappa shape index (κ1) is 24.0. The third-order valence-corrected chi connectivity index (χ3v) is 5.22. The highest BCUT2D eigenvalue weighted by Gasteiger charge is 2.29. The fraction of sp³-hybridized carbons (Fsp3) is 0.435. The number of carbonyl (C=O) groups excluding carboxylic acids is 1. The van der Waals surface area contributed by atoms with E-state index in [2.05, 4.69) is 10.6 Å². The van der Waals surface area contributed by atoms with Crippen molar-refractivity contribution in [1.29, 1.82) is 0 Å². The average Bonchev–Trinajstić information content (AvgIpc) is 2.69. The Bertz CT molecular complexity index is 840. The van der Waals surface area contributed by atoms with Crippen molar-refractivity contribution < 1.29 is 19.7 Å². The van der Waals surface area contributed by atoms with E-state index in [0.29, 0.717) is 24.6 Å². The van der Waals surface area contributed by atoms with Gasteiger partial charge in [0, 0.05) is 16.8 Å². The summed E-state index contributed by atoms with van der Waals surface area (Å²) in [5.41, 5.74) is 1.59. The summed E-state index contributed by atoms with van der Waals surface area (Å²) in [4.78, 5) is 12.0. The van der Waals surface area contributed by atoms with Crippen molar-refractivity contribution in [2.75, 3.05) is 18.5 Å². The van der Waals surface area contributed by atoms with Crippen molar-refractivity contribution in [3.63, 3.8) is 0 Å². The number of aliphatic hydroxyl groups is 1. The second-order valence-electron chi connectivity index (χ2n) is 7.81. The molecule has 2 aromatic rings. The lowest BCUT2D eigenvalue weighted by atomic mass is 10.0. The van der Waals surface area contributed by atoms with Crippen molar-refractivity contribution in [2.24, 2.45) is 0 Å². The maximum Gasteiger partial charge on any atom is 0.331 e. The second-order valence-corrected chi connectivity index (χ2v) is 8.21. The maximum atomic E-state index is 12.0. The molecular formula is C23H31ClN2O4. The van der Waals surface area contributed by atoms with Crippen LogP contribution in [0.1, 0.15) is 44.9 Å². The fourth-order valence-electron chi connectivity index (χ4n) is 3.06. The molecule has 0 radical (unpaired) electrons. The third-order valence-electron chi connectivity index (χ3n) is 4.86. The van der Waals surface area contributed by atoms with Crippen molar-refractivity contribution in [3.05, 3.63) is 58.6 Å². The van der Waals surface area contributed by atoms with Crippen molar-refractivity contribution in [2.45, 2.75) is 51.8 Å². The van der Waals surface area contributed by atoms with Gasteiger partial charge in [-0.25, -0.2) is 4.79 Å². The number of aromatic hydroxyl groups is 1. The lowest BCUT2D eigenvalue weighted by Gasteiger charge is -2.25. The standard InChI is InChI=1S/C23H31ClN2O4/c1-5-30-22(29)23(3,4)26-18-9-6-16(20(24)14-18)12-13-25-15(2)21(28)17-7-10-19(27)11-8-17/h6-11,14-15,21,25-28H,5,12-13H2,1-4H3/t15-,21-/m0/s1. The summed E-state index contributed by atoms with van der Waals surface area (Å²) in [7, 11) is 0. The van der Waals surface area contributed by atoms with Gasteiger partial charge in [-0.05, 0) is 76.1 Å². The Morgan fingerprint density at radius 2 is 1.87 bits per heavy atom. The summed E-state index contributed by atoms with van der Waals surface area (Å²) in [6.45, 7) is 8.17. The first-order chi connectivity index (χ1) is 14.1. The average molecular weight is 435 g/mol. The number of anilines is 1. The zero-order valence-corrected chi connectivity index (χ0v) is 18.7. The topological polar surface area (TPSA) is 90.8 Å². The number of hydrogen-bond donors (Lipinski definition) is 4. The molecule has 7 heteroatoms. The van der Waals surface area contributed by atoms with Gasteiger partial charge in [0.15, 0.2) is 0 Å². The Balaban J connectivity index is 1.90. The molecule has 0 aliphatic heterocycles. The smallest absolute Gasteiger partial charge is 0.331 e. The summed E-state index contributed by atoms with van der Waals surface area (Å²) in [6, 6.07) is 12.0. The van der Waals surface area contributed by atoms with Crippen LogP contribution in [-0.4, -0.2) is 40.9 Å². The van der Waals surface area contributed by atoms with Gasteiger partial charge in [0.05, 0.1) is 12.7 Å². The number of hydrogen-bond acceptors (Lipinski definition) is 6. The molecule has 2 rings (SSSR count). The van der Waals surface area contributed by atoms with Crippen LogP contribution in [0.15, 0.2) is 42.5 Å². The number of rotatable bonds is 10. The lowest BCUT2D eigenvalue weighted by Crippen LogP contribution is -2.41. The van der Waals surface area contributed by atoms with Crippen LogP contribution in [-0.2, 0) is 16.0 Å². The van der Waals surface area contributed by atoms with E-state index in [9.17, 15) is 15.0 Å². The quantitative estimate of drug-likeness (QED) is 0.422. The Hall–Kier alpha value is -2.28. The molecular weight excluding hydrogens is 404 g/mol. The number of phenols is 1. The van der Waals surface area contributed by atoms with E-state index in [0.717, 1.165) is 16.8 Å². The number of nitrogens with one attached hydrogen (secondary N) is 2. The van der Waals surface area contributed by atoms with E-state index < -0.39 is 11.6 Å². The van der Waals surface area contributed by atoms with Gasteiger partial charge < -0.3 is 25.6 Å². The highest BCUT2D eigenvalue weighted by Crippen LogP contribution is 2.25. The largest absolute Gasteiger partial charge is 0.508 e. The Kier molecular flexibility index (Phi) is 8.53. The molecule has 0 bridgehead atoms. The molecule has 2 aromatic carbocycles. The molecule has 0 aromatic heterocycles. The number of ether oxygens (including phenoxy) is 1. The minimum absolute atomic E-state index is 0.167. The monoisotopic (exact) mass is 434 g/mol. The van der Waals surface area contributed by atoms with E-state index in [1.165, 1.54) is 0 Å². The molecule has 0 fully saturated rings. The van der Waals surface area contributed by atoms with Gasteiger partial charge in [0.25, 0.3) is 0 Å². The molecule has 0 spiro atoms. The molecule has 0 amide bonds. The van der Waals surface area contributed by atoms with Crippen LogP contribution >= 0.6 is 11.6 Å². The number of aliphatic hydroxyl groups excluding tert-OH is 1. The van der Waals surface area contributed by atoms with Crippen molar-refractivity contribution in [1.82, 2.24) is 5.32 Å². The maximum absolute atomic E-state index is 12.0. The molecule has 0 aliphatic rings. The molecule has 2 atom stereocenters. The van der Waals surface area contributed by atoms with E-state index in [1.54, 1.807) is 51.1 Å². The second kappa shape index (κ2) is 10.7. The van der Waals surface area contributed by atoms with Gasteiger partial charge in [-0.1, -0.05) is 29.8 Å². The minimum atomic E-state index is -0.859. The van der Waals surface area contributed by atoms with Gasteiger partial charge in [0.1, 0.15) is 11.3 Å². The van der Waals surface area contributed by atoms with Gasteiger partial charge in [-0.3, -0.25) is 0 Å². The lowest BCUT2D eigenvalue weighted by molar-refractivity contribution is -0.147. The summed E-state index contributed by atoms with van der Waals surface area (Å²) < 4.78 is 5.09.